The van der Waals surface area contributed by atoms with Crippen molar-refractivity contribution in [1.29, 1.82) is 0 Å². The third-order valence-corrected chi connectivity index (χ3v) is 5.49. The van der Waals surface area contributed by atoms with Gasteiger partial charge in [0.05, 0.1) is 10.5 Å². The lowest BCUT2D eigenvalue weighted by molar-refractivity contribution is 0.354. The van der Waals surface area contributed by atoms with Gasteiger partial charge in [0.15, 0.2) is 15.8 Å². The summed E-state index contributed by atoms with van der Waals surface area (Å²) in [6, 6.07) is 0. The lowest BCUT2D eigenvalue weighted by Crippen LogP contribution is -2.57. The van der Waals surface area contributed by atoms with Crippen LogP contribution in [0.25, 0.3) is 0 Å². The molecule has 0 amide bonds. The zero-order valence-corrected chi connectivity index (χ0v) is 11.5. The van der Waals surface area contributed by atoms with E-state index in [0.29, 0.717) is 19.6 Å². The zero-order chi connectivity index (χ0) is 13.1. The molecule has 0 radical (unpaired) electrons. The summed E-state index contributed by atoms with van der Waals surface area (Å²) in [4.78, 5) is 6.13. The third-order valence-electron chi connectivity index (χ3n) is 2.96. The van der Waals surface area contributed by atoms with Crippen molar-refractivity contribution in [3.05, 3.63) is 12.7 Å². The molecule has 0 atom stereocenters. The topological polar surface area (TPSA) is 61.8 Å². The van der Waals surface area contributed by atoms with E-state index in [0.717, 1.165) is 5.96 Å². The van der Waals surface area contributed by atoms with Gasteiger partial charge in [0.25, 0.3) is 0 Å². The van der Waals surface area contributed by atoms with Crippen molar-refractivity contribution in [2.75, 3.05) is 32.4 Å². The molecule has 1 aliphatic rings. The van der Waals surface area contributed by atoms with Crippen LogP contribution in [0.4, 0.5) is 0 Å². The Kier molecular flexibility index (Phi) is 4.19. The lowest BCUT2D eigenvalue weighted by Gasteiger charge is -2.39. The number of nitrogens with one attached hydrogen (secondary N) is 1. The second-order valence-corrected chi connectivity index (χ2v) is 7.46. The van der Waals surface area contributed by atoms with E-state index >= 15 is 0 Å². The predicted molar refractivity (Wildman–Crippen MR) is 71.0 cm³/mol. The molecular formula is C11H21N3O2S. The van der Waals surface area contributed by atoms with Crippen LogP contribution in [-0.2, 0) is 9.84 Å². The van der Waals surface area contributed by atoms with Crippen LogP contribution in [0.3, 0.4) is 0 Å². The number of aliphatic imine (C=N–C) groups is 1. The van der Waals surface area contributed by atoms with Gasteiger partial charge in [-0.1, -0.05) is 6.08 Å². The number of guanidine groups is 1. The van der Waals surface area contributed by atoms with E-state index in [1.54, 1.807) is 27.0 Å². The van der Waals surface area contributed by atoms with Gasteiger partial charge in [-0.2, -0.15) is 0 Å². The molecule has 0 aromatic rings. The fraction of sp³-hybridized carbons (Fsp3) is 0.727. The van der Waals surface area contributed by atoms with Crippen molar-refractivity contribution in [3.8, 4) is 0 Å². The van der Waals surface area contributed by atoms with Gasteiger partial charge in [0.1, 0.15) is 0 Å². The van der Waals surface area contributed by atoms with Crippen LogP contribution in [0, 0.1) is 0 Å². The maximum Gasteiger partial charge on any atom is 0.193 e. The summed E-state index contributed by atoms with van der Waals surface area (Å²) >= 11 is 0. The first kappa shape index (κ1) is 14.0. The normalized spacial score (nSPS) is 23.2. The van der Waals surface area contributed by atoms with Crippen LogP contribution in [0.1, 0.15) is 13.8 Å². The van der Waals surface area contributed by atoms with Crippen molar-refractivity contribution in [2.24, 2.45) is 4.99 Å². The van der Waals surface area contributed by atoms with E-state index in [4.69, 9.17) is 0 Å². The van der Waals surface area contributed by atoms with Crippen LogP contribution in [-0.4, -0.2) is 56.5 Å². The summed E-state index contributed by atoms with van der Waals surface area (Å²) < 4.78 is 23.0. The fourth-order valence-corrected chi connectivity index (χ4v) is 3.19. The quantitative estimate of drug-likeness (QED) is 0.439. The molecule has 0 aromatic carbocycles. The summed E-state index contributed by atoms with van der Waals surface area (Å²) in [5, 5.41) is 3.12. The van der Waals surface area contributed by atoms with Crippen LogP contribution >= 0.6 is 0 Å². The van der Waals surface area contributed by atoms with Crippen LogP contribution < -0.4 is 5.32 Å². The summed E-state index contributed by atoms with van der Waals surface area (Å²) in [6.07, 6.45) is 1.75. The molecule has 0 spiro atoms. The Balaban J connectivity index is 2.80. The molecule has 0 unspecified atom stereocenters. The Hall–Kier alpha value is -1.04. The van der Waals surface area contributed by atoms with Crippen LogP contribution in [0.15, 0.2) is 17.6 Å². The van der Waals surface area contributed by atoms with Crippen molar-refractivity contribution < 1.29 is 8.42 Å². The molecule has 1 fully saturated rings. The third kappa shape index (κ3) is 3.00. The Labute approximate surface area is 104 Å². The molecule has 1 N–H and O–H groups in total. The van der Waals surface area contributed by atoms with Crippen molar-refractivity contribution in [1.82, 2.24) is 10.2 Å². The highest BCUT2D eigenvalue weighted by Crippen LogP contribution is 2.23. The van der Waals surface area contributed by atoms with Crippen molar-refractivity contribution in [2.45, 2.75) is 18.6 Å². The Morgan fingerprint density at radius 2 is 2.24 bits per heavy atom. The van der Waals surface area contributed by atoms with Crippen LogP contribution in [0.2, 0.25) is 0 Å². The maximum absolute atomic E-state index is 11.9. The molecule has 1 aliphatic heterocycles. The maximum atomic E-state index is 11.9. The molecule has 6 heteroatoms. The van der Waals surface area contributed by atoms with Gasteiger partial charge < -0.3 is 10.2 Å². The van der Waals surface area contributed by atoms with E-state index in [-0.39, 0.29) is 5.75 Å². The molecule has 98 valence electrons. The van der Waals surface area contributed by atoms with Gasteiger partial charge in [-0.15, -0.1) is 6.58 Å². The summed E-state index contributed by atoms with van der Waals surface area (Å²) in [5.41, 5.74) is 0. The van der Waals surface area contributed by atoms with Gasteiger partial charge in [0.2, 0.25) is 0 Å². The number of rotatable bonds is 2. The van der Waals surface area contributed by atoms with Gasteiger partial charge in [-0.25, -0.2) is 8.42 Å². The minimum atomic E-state index is -3.00. The SMILES string of the molecule is C=CCNC(=NC)N1CCS(=O)(=O)C(C)(C)C1. The van der Waals surface area contributed by atoms with E-state index in [9.17, 15) is 8.42 Å². The molecule has 5 nitrogen and oxygen atoms in total. The summed E-state index contributed by atoms with van der Waals surface area (Å²) in [7, 11) is -1.30. The standard InChI is InChI=1S/C11H21N3O2S/c1-5-6-13-10(12-4)14-7-8-17(15,16)11(2,3)9-14/h5H,1,6-9H2,2-4H3,(H,12,13). The first-order chi connectivity index (χ1) is 7.84. The van der Waals surface area contributed by atoms with E-state index in [2.05, 4.69) is 16.9 Å². The number of sulfone groups is 1. The molecule has 0 bridgehead atoms. The average molecular weight is 259 g/mol. The van der Waals surface area contributed by atoms with Crippen LogP contribution in [0.5, 0.6) is 0 Å². The molecule has 0 aliphatic carbocycles. The van der Waals surface area contributed by atoms with Gasteiger partial charge in [-0.3, -0.25) is 4.99 Å². The number of hydrogen-bond donors (Lipinski definition) is 1. The van der Waals surface area contributed by atoms with Crippen molar-refractivity contribution in [3.63, 3.8) is 0 Å². The number of hydrogen-bond acceptors (Lipinski definition) is 3. The Morgan fingerprint density at radius 3 is 2.71 bits per heavy atom. The molecule has 1 heterocycles. The highest BCUT2D eigenvalue weighted by atomic mass is 32.2. The minimum Gasteiger partial charge on any atom is -0.353 e. The molecule has 17 heavy (non-hydrogen) atoms. The monoisotopic (exact) mass is 259 g/mol. The zero-order valence-electron chi connectivity index (χ0n) is 10.7. The molecule has 0 aromatic heterocycles. The fourth-order valence-electron chi connectivity index (χ4n) is 1.82. The van der Waals surface area contributed by atoms with E-state index in [1.807, 2.05) is 4.90 Å². The second kappa shape index (κ2) is 5.08. The molecular weight excluding hydrogens is 238 g/mol. The van der Waals surface area contributed by atoms with Gasteiger partial charge >= 0.3 is 0 Å². The second-order valence-electron chi connectivity index (χ2n) is 4.72. The molecule has 0 saturated carbocycles. The van der Waals surface area contributed by atoms with Gasteiger partial charge in [-0.05, 0) is 13.8 Å². The Morgan fingerprint density at radius 1 is 1.59 bits per heavy atom. The first-order valence-electron chi connectivity index (χ1n) is 5.63. The Bertz CT molecular complexity index is 412. The van der Waals surface area contributed by atoms with Crippen molar-refractivity contribution >= 4 is 15.8 Å². The highest BCUT2D eigenvalue weighted by Gasteiger charge is 2.40. The summed E-state index contributed by atoms with van der Waals surface area (Å²) in [5.74, 6) is 0.905. The van der Waals surface area contributed by atoms with E-state index in [1.165, 1.54) is 0 Å². The number of nitrogens with zero attached hydrogens (tertiary/aromatic N) is 2. The lowest BCUT2D eigenvalue weighted by atomic mass is 10.2. The first-order valence-corrected chi connectivity index (χ1v) is 7.28. The summed E-state index contributed by atoms with van der Waals surface area (Å²) in [6.45, 7) is 8.72. The predicted octanol–water partition coefficient (Wildman–Crippen LogP) is 0.257. The van der Waals surface area contributed by atoms with Gasteiger partial charge in [0, 0.05) is 26.7 Å². The van der Waals surface area contributed by atoms with E-state index < -0.39 is 14.6 Å². The molecule has 1 saturated heterocycles. The highest BCUT2D eigenvalue weighted by molar-refractivity contribution is 7.92. The smallest absolute Gasteiger partial charge is 0.193 e. The largest absolute Gasteiger partial charge is 0.353 e. The average Bonchev–Trinajstić information content (AvgIpc) is 2.24. The minimum absolute atomic E-state index is 0.175. The molecule has 1 rings (SSSR count).